The van der Waals surface area contributed by atoms with Crippen LogP contribution in [0.5, 0.6) is 0 Å². The number of rotatable bonds is 2. The lowest BCUT2D eigenvalue weighted by Gasteiger charge is -2.27. The number of pyridine rings is 1. The summed E-state index contributed by atoms with van der Waals surface area (Å²) in [5.41, 5.74) is 8.21. The fourth-order valence-corrected chi connectivity index (χ4v) is 2.60. The van der Waals surface area contributed by atoms with Crippen LogP contribution in [0.25, 0.3) is 0 Å². The van der Waals surface area contributed by atoms with Crippen LogP contribution in [-0.2, 0) is 18.0 Å². The monoisotopic (exact) mass is 233 g/mol. The predicted molar refractivity (Wildman–Crippen MR) is 66.6 cm³/mol. The minimum Gasteiger partial charge on any atom is -0.370 e. The van der Waals surface area contributed by atoms with Crippen molar-refractivity contribution in [2.24, 2.45) is 5.73 Å². The standard InChI is InChI=1S/C13H19N3O/c14-10-2-4-11(5-3-10)15-13-6-1-9-7-17-8-12(9)16-13/h1,6,10-11H,2-5,7-8,14H2,(H,15,16). The van der Waals surface area contributed by atoms with E-state index >= 15 is 0 Å². The van der Waals surface area contributed by atoms with Crippen molar-refractivity contribution < 1.29 is 4.74 Å². The lowest BCUT2D eigenvalue weighted by molar-refractivity contribution is 0.133. The second-order valence-electron chi connectivity index (χ2n) is 5.05. The van der Waals surface area contributed by atoms with Crippen LogP contribution < -0.4 is 11.1 Å². The van der Waals surface area contributed by atoms with E-state index in [1.165, 1.54) is 5.56 Å². The van der Waals surface area contributed by atoms with E-state index in [1.807, 2.05) is 0 Å². The van der Waals surface area contributed by atoms with E-state index in [0.29, 0.717) is 25.3 Å². The van der Waals surface area contributed by atoms with Crippen LogP contribution in [0.3, 0.4) is 0 Å². The molecule has 3 rings (SSSR count). The molecule has 0 spiro atoms. The third-order valence-corrected chi connectivity index (χ3v) is 3.69. The zero-order chi connectivity index (χ0) is 11.7. The number of anilines is 1. The Kier molecular flexibility index (Phi) is 2.99. The van der Waals surface area contributed by atoms with Crippen molar-refractivity contribution in [3.8, 4) is 0 Å². The molecule has 0 bridgehead atoms. The largest absolute Gasteiger partial charge is 0.370 e. The van der Waals surface area contributed by atoms with Crippen LogP contribution in [0.4, 0.5) is 5.82 Å². The lowest BCUT2D eigenvalue weighted by atomic mass is 9.92. The summed E-state index contributed by atoms with van der Waals surface area (Å²) in [7, 11) is 0. The molecular weight excluding hydrogens is 214 g/mol. The van der Waals surface area contributed by atoms with Gasteiger partial charge in [0, 0.05) is 17.6 Å². The Labute approximate surface area is 102 Å². The first kappa shape index (κ1) is 11.0. The molecule has 0 unspecified atom stereocenters. The molecule has 0 radical (unpaired) electrons. The zero-order valence-corrected chi connectivity index (χ0v) is 9.98. The van der Waals surface area contributed by atoms with Gasteiger partial charge >= 0.3 is 0 Å². The lowest BCUT2D eigenvalue weighted by Crippen LogP contribution is -2.33. The molecule has 4 heteroatoms. The van der Waals surface area contributed by atoms with Crippen LogP contribution in [0.15, 0.2) is 12.1 Å². The van der Waals surface area contributed by atoms with E-state index in [9.17, 15) is 0 Å². The Morgan fingerprint density at radius 1 is 1.18 bits per heavy atom. The number of hydrogen-bond donors (Lipinski definition) is 2. The molecule has 1 aromatic rings. The average Bonchev–Trinajstić information content (AvgIpc) is 2.79. The van der Waals surface area contributed by atoms with E-state index in [-0.39, 0.29) is 0 Å². The first-order valence-electron chi connectivity index (χ1n) is 6.40. The van der Waals surface area contributed by atoms with Gasteiger partial charge in [0.25, 0.3) is 0 Å². The first-order valence-corrected chi connectivity index (χ1v) is 6.40. The van der Waals surface area contributed by atoms with E-state index < -0.39 is 0 Å². The minimum atomic E-state index is 0.398. The highest BCUT2D eigenvalue weighted by Crippen LogP contribution is 2.23. The Morgan fingerprint density at radius 2 is 2.00 bits per heavy atom. The summed E-state index contributed by atoms with van der Waals surface area (Å²) in [4.78, 5) is 4.60. The van der Waals surface area contributed by atoms with Crippen LogP contribution >= 0.6 is 0 Å². The smallest absolute Gasteiger partial charge is 0.126 e. The number of ether oxygens (including phenoxy) is 1. The van der Waals surface area contributed by atoms with Crippen LogP contribution in [0.1, 0.15) is 36.9 Å². The molecule has 0 aromatic carbocycles. The average molecular weight is 233 g/mol. The quantitative estimate of drug-likeness (QED) is 0.817. The molecule has 17 heavy (non-hydrogen) atoms. The Balaban J connectivity index is 1.65. The normalized spacial score (nSPS) is 27.8. The fraction of sp³-hybridized carbons (Fsp3) is 0.615. The highest BCUT2D eigenvalue weighted by atomic mass is 16.5. The van der Waals surface area contributed by atoms with Gasteiger partial charge in [-0.2, -0.15) is 0 Å². The Morgan fingerprint density at radius 3 is 2.82 bits per heavy atom. The molecule has 1 saturated carbocycles. The maximum atomic E-state index is 5.90. The number of aromatic nitrogens is 1. The minimum absolute atomic E-state index is 0.398. The number of nitrogens with zero attached hydrogens (tertiary/aromatic N) is 1. The van der Waals surface area contributed by atoms with Gasteiger partial charge in [-0.3, -0.25) is 0 Å². The van der Waals surface area contributed by atoms with Gasteiger partial charge in [-0.1, -0.05) is 6.07 Å². The summed E-state index contributed by atoms with van der Waals surface area (Å²) in [6, 6.07) is 5.10. The van der Waals surface area contributed by atoms with E-state index in [2.05, 4.69) is 22.4 Å². The molecule has 92 valence electrons. The van der Waals surface area contributed by atoms with Crippen LogP contribution in [-0.4, -0.2) is 17.1 Å². The number of nitrogens with one attached hydrogen (secondary N) is 1. The van der Waals surface area contributed by atoms with Crippen molar-refractivity contribution >= 4 is 5.82 Å². The van der Waals surface area contributed by atoms with Crippen molar-refractivity contribution in [3.05, 3.63) is 23.4 Å². The molecule has 1 aromatic heterocycles. The molecule has 3 N–H and O–H groups in total. The van der Waals surface area contributed by atoms with Gasteiger partial charge in [-0.25, -0.2) is 4.98 Å². The highest BCUT2D eigenvalue weighted by Gasteiger charge is 2.19. The first-order chi connectivity index (χ1) is 8.31. The van der Waals surface area contributed by atoms with Crippen molar-refractivity contribution in [2.75, 3.05) is 5.32 Å². The zero-order valence-electron chi connectivity index (χ0n) is 9.98. The molecule has 2 aliphatic rings. The molecular formula is C13H19N3O. The Hall–Kier alpha value is -1.13. The van der Waals surface area contributed by atoms with E-state index in [4.69, 9.17) is 10.5 Å². The summed E-state index contributed by atoms with van der Waals surface area (Å²) in [6.07, 6.45) is 4.53. The third-order valence-electron chi connectivity index (χ3n) is 3.69. The molecule has 0 amide bonds. The maximum absolute atomic E-state index is 5.90. The number of nitrogens with two attached hydrogens (primary N) is 1. The van der Waals surface area contributed by atoms with Crippen molar-refractivity contribution in [1.29, 1.82) is 0 Å². The second kappa shape index (κ2) is 4.63. The summed E-state index contributed by atoms with van der Waals surface area (Å²) < 4.78 is 5.37. The summed E-state index contributed by atoms with van der Waals surface area (Å²) in [5, 5.41) is 3.51. The molecule has 2 heterocycles. The van der Waals surface area contributed by atoms with Crippen molar-refractivity contribution in [3.63, 3.8) is 0 Å². The van der Waals surface area contributed by atoms with Gasteiger partial charge in [0.1, 0.15) is 5.82 Å². The number of hydrogen-bond acceptors (Lipinski definition) is 4. The van der Waals surface area contributed by atoms with Crippen LogP contribution in [0, 0.1) is 0 Å². The van der Waals surface area contributed by atoms with Gasteiger partial charge < -0.3 is 15.8 Å². The second-order valence-corrected chi connectivity index (χ2v) is 5.05. The molecule has 0 saturated heterocycles. The highest BCUT2D eigenvalue weighted by molar-refractivity contribution is 5.40. The molecule has 0 atom stereocenters. The van der Waals surface area contributed by atoms with Crippen molar-refractivity contribution in [1.82, 2.24) is 4.98 Å². The third kappa shape index (κ3) is 2.42. The van der Waals surface area contributed by atoms with Crippen LogP contribution in [0.2, 0.25) is 0 Å². The summed E-state index contributed by atoms with van der Waals surface area (Å²) >= 11 is 0. The summed E-state index contributed by atoms with van der Waals surface area (Å²) in [6.45, 7) is 1.36. The fourth-order valence-electron chi connectivity index (χ4n) is 2.60. The molecule has 1 fully saturated rings. The molecule has 1 aliphatic carbocycles. The van der Waals surface area contributed by atoms with E-state index in [0.717, 1.165) is 37.2 Å². The summed E-state index contributed by atoms with van der Waals surface area (Å²) in [5.74, 6) is 0.981. The van der Waals surface area contributed by atoms with Gasteiger partial charge in [0.2, 0.25) is 0 Å². The SMILES string of the molecule is NC1CCC(Nc2ccc3c(n2)COC3)CC1. The number of fused-ring (bicyclic) bond motifs is 1. The predicted octanol–water partition coefficient (Wildman–Crippen LogP) is 1.79. The van der Waals surface area contributed by atoms with Gasteiger partial charge in [0.05, 0.1) is 18.9 Å². The van der Waals surface area contributed by atoms with Gasteiger partial charge in [-0.05, 0) is 31.7 Å². The maximum Gasteiger partial charge on any atom is 0.126 e. The molecule has 1 aliphatic heterocycles. The van der Waals surface area contributed by atoms with Crippen molar-refractivity contribution in [2.45, 2.75) is 51.0 Å². The van der Waals surface area contributed by atoms with E-state index in [1.54, 1.807) is 0 Å². The van der Waals surface area contributed by atoms with Gasteiger partial charge in [0.15, 0.2) is 0 Å². The van der Waals surface area contributed by atoms with Gasteiger partial charge in [-0.15, -0.1) is 0 Å². The Bertz CT molecular complexity index is 400. The molecule has 4 nitrogen and oxygen atoms in total. The topological polar surface area (TPSA) is 60.2 Å².